The maximum absolute atomic E-state index is 5.90. The van der Waals surface area contributed by atoms with E-state index in [1.165, 1.54) is 0 Å². The summed E-state index contributed by atoms with van der Waals surface area (Å²) in [6.07, 6.45) is -0.0676. The summed E-state index contributed by atoms with van der Waals surface area (Å²) in [6.45, 7) is 6.69. The fourth-order valence-electron chi connectivity index (χ4n) is 1.34. The number of nitrogens with two attached hydrogens (primary N) is 1. The van der Waals surface area contributed by atoms with Gasteiger partial charge in [0, 0.05) is 22.0 Å². The number of rotatable bonds is 3. The second kappa shape index (κ2) is 5.26. The molecule has 1 atom stereocenters. The zero-order valence-corrected chi connectivity index (χ0v) is 11.3. The molecule has 0 saturated carbocycles. The van der Waals surface area contributed by atoms with Crippen molar-refractivity contribution in [1.82, 2.24) is 0 Å². The minimum absolute atomic E-state index is 0.0243. The molecule has 0 bridgehead atoms. The van der Waals surface area contributed by atoms with Crippen molar-refractivity contribution in [2.75, 3.05) is 6.54 Å². The Morgan fingerprint density at radius 3 is 2.06 bits per heavy atom. The first kappa shape index (κ1) is 13.6. The SMILES string of the molecule is CC(C)(C)C(CN)Oc1cc(Cl)cc(Cl)c1. The highest BCUT2D eigenvalue weighted by molar-refractivity contribution is 6.34. The van der Waals surface area contributed by atoms with Gasteiger partial charge in [-0.25, -0.2) is 0 Å². The summed E-state index contributed by atoms with van der Waals surface area (Å²) in [5.41, 5.74) is 5.67. The molecule has 90 valence electrons. The Kier molecular flexibility index (Phi) is 4.48. The van der Waals surface area contributed by atoms with Gasteiger partial charge in [-0.2, -0.15) is 0 Å². The molecule has 0 amide bonds. The third kappa shape index (κ3) is 3.85. The molecule has 16 heavy (non-hydrogen) atoms. The van der Waals surface area contributed by atoms with Crippen LogP contribution in [0.4, 0.5) is 0 Å². The van der Waals surface area contributed by atoms with E-state index in [1.54, 1.807) is 18.2 Å². The molecule has 2 nitrogen and oxygen atoms in total. The van der Waals surface area contributed by atoms with Gasteiger partial charge in [0.1, 0.15) is 11.9 Å². The Balaban J connectivity index is 2.86. The molecule has 1 rings (SSSR count). The first-order valence-electron chi connectivity index (χ1n) is 5.16. The van der Waals surface area contributed by atoms with Crippen LogP contribution in [0.15, 0.2) is 18.2 Å². The number of halogens is 2. The van der Waals surface area contributed by atoms with Crippen molar-refractivity contribution in [1.29, 1.82) is 0 Å². The highest BCUT2D eigenvalue weighted by Gasteiger charge is 2.25. The van der Waals surface area contributed by atoms with E-state index >= 15 is 0 Å². The van der Waals surface area contributed by atoms with Crippen LogP contribution in [0, 0.1) is 5.41 Å². The predicted octanol–water partition coefficient (Wildman–Crippen LogP) is 3.75. The summed E-state index contributed by atoms with van der Waals surface area (Å²) in [7, 11) is 0. The zero-order chi connectivity index (χ0) is 12.3. The third-order valence-electron chi connectivity index (χ3n) is 2.29. The number of ether oxygens (including phenoxy) is 1. The lowest BCUT2D eigenvalue weighted by atomic mass is 9.89. The summed E-state index contributed by atoms with van der Waals surface area (Å²) in [5.74, 6) is 0.655. The van der Waals surface area contributed by atoms with E-state index < -0.39 is 0 Å². The molecule has 0 aliphatic carbocycles. The van der Waals surface area contributed by atoms with Gasteiger partial charge >= 0.3 is 0 Å². The lowest BCUT2D eigenvalue weighted by molar-refractivity contribution is 0.0942. The molecule has 2 N–H and O–H groups in total. The second-order valence-corrected chi connectivity index (χ2v) is 5.69. The van der Waals surface area contributed by atoms with Gasteiger partial charge in [-0.05, 0) is 18.2 Å². The minimum Gasteiger partial charge on any atom is -0.488 e. The van der Waals surface area contributed by atoms with Crippen molar-refractivity contribution < 1.29 is 4.74 Å². The average Bonchev–Trinajstić information content (AvgIpc) is 2.10. The van der Waals surface area contributed by atoms with Crippen molar-refractivity contribution in [3.05, 3.63) is 28.2 Å². The van der Waals surface area contributed by atoms with Crippen molar-refractivity contribution in [2.45, 2.75) is 26.9 Å². The Hall–Kier alpha value is -0.440. The van der Waals surface area contributed by atoms with Gasteiger partial charge < -0.3 is 10.5 Å². The van der Waals surface area contributed by atoms with Gasteiger partial charge in [-0.15, -0.1) is 0 Å². The predicted molar refractivity (Wildman–Crippen MR) is 69.4 cm³/mol. The van der Waals surface area contributed by atoms with E-state index in [0.717, 1.165) is 0 Å². The molecule has 0 heterocycles. The molecule has 1 unspecified atom stereocenters. The minimum atomic E-state index is -0.0676. The first-order chi connectivity index (χ1) is 7.32. The van der Waals surface area contributed by atoms with Crippen LogP contribution in [-0.4, -0.2) is 12.6 Å². The van der Waals surface area contributed by atoms with Crippen LogP contribution < -0.4 is 10.5 Å². The zero-order valence-electron chi connectivity index (χ0n) is 9.76. The van der Waals surface area contributed by atoms with Crippen LogP contribution in [-0.2, 0) is 0 Å². The molecule has 0 aromatic heterocycles. The maximum Gasteiger partial charge on any atom is 0.122 e. The smallest absolute Gasteiger partial charge is 0.122 e. The standard InChI is InChI=1S/C12H17Cl2NO/c1-12(2,3)11(7-15)16-10-5-8(13)4-9(14)6-10/h4-6,11H,7,15H2,1-3H3. The van der Waals surface area contributed by atoms with Crippen LogP contribution >= 0.6 is 23.2 Å². The van der Waals surface area contributed by atoms with Gasteiger partial charge in [-0.1, -0.05) is 44.0 Å². The van der Waals surface area contributed by atoms with E-state index in [0.29, 0.717) is 22.3 Å². The van der Waals surface area contributed by atoms with Crippen LogP contribution in [0.25, 0.3) is 0 Å². The summed E-state index contributed by atoms with van der Waals surface area (Å²) in [6, 6.07) is 5.15. The first-order valence-corrected chi connectivity index (χ1v) is 5.91. The number of benzene rings is 1. The molecule has 0 aliphatic heterocycles. The van der Waals surface area contributed by atoms with Crippen LogP contribution in [0.3, 0.4) is 0 Å². The molecule has 1 aromatic rings. The summed E-state index contributed by atoms with van der Waals surface area (Å²) >= 11 is 11.8. The van der Waals surface area contributed by atoms with Crippen molar-refractivity contribution in [2.24, 2.45) is 11.1 Å². The van der Waals surface area contributed by atoms with Crippen LogP contribution in [0.2, 0.25) is 10.0 Å². The molecule has 0 saturated heterocycles. The lowest BCUT2D eigenvalue weighted by Crippen LogP contribution is -2.38. The number of hydrogen-bond acceptors (Lipinski definition) is 2. The van der Waals surface area contributed by atoms with Crippen molar-refractivity contribution in [3.8, 4) is 5.75 Å². The molecule has 0 aliphatic rings. The highest BCUT2D eigenvalue weighted by atomic mass is 35.5. The quantitative estimate of drug-likeness (QED) is 0.900. The Bertz CT molecular complexity index is 340. The van der Waals surface area contributed by atoms with Crippen molar-refractivity contribution >= 4 is 23.2 Å². The van der Waals surface area contributed by atoms with Crippen LogP contribution in [0.1, 0.15) is 20.8 Å². The van der Waals surface area contributed by atoms with Gasteiger partial charge in [-0.3, -0.25) is 0 Å². The average molecular weight is 262 g/mol. The van der Waals surface area contributed by atoms with E-state index in [-0.39, 0.29) is 11.5 Å². The molecule has 0 spiro atoms. The summed E-state index contributed by atoms with van der Waals surface area (Å²) in [4.78, 5) is 0. The van der Waals surface area contributed by atoms with Gasteiger partial charge in [0.2, 0.25) is 0 Å². The van der Waals surface area contributed by atoms with Gasteiger partial charge in [0.25, 0.3) is 0 Å². The fourth-order valence-corrected chi connectivity index (χ4v) is 1.85. The fraction of sp³-hybridized carbons (Fsp3) is 0.500. The molecular weight excluding hydrogens is 245 g/mol. The number of hydrogen-bond donors (Lipinski definition) is 1. The van der Waals surface area contributed by atoms with Crippen molar-refractivity contribution in [3.63, 3.8) is 0 Å². The largest absolute Gasteiger partial charge is 0.488 e. The molecule has 4 heteroatoms. The molecular formula is C12H17Cl2NO. The molecule has 0 fully saturated rings. The Labute approximate surface area is 107 Å². The molecule has 1 aromatic carbocycles. The second-order valence-electron chi connectivity index (χ2n) is 4.81. The Morgan fingerprint density at radius 1 is 1.19 bits per heavy atom. The normalized spacial score (nSPS) is 13.6. The maximum atomic E-state index is 5.90. The van der Waals surface area contributed by atoms with E-state index in [2.05, 4.69) is 20.8 Å². The van der Waals surface area contributed by atoms with Gasteiger partial charge in [0.05, 0.1) is 0 Å². The highest BCUT2D eigenvalue weighted by Crippen LogP contribution is 2.28. The monoisotopic (exact) mass is 261 g/mol. The molecule has 0 radical (unpaired) electrons. The Morgan fingerprint density at radius 2 is 1.69 bits per heavy atom. The van der Waals surface area contributed by atoms with E-state index in [1.807, 2.05) is 0 Å². The summed E-state index contributed by atoms with van der Waals surface area (Å²) in [5, 5.41) is 1.12. The summed E-state index contributed by atoms with van der Waals surface area (Å²) < 4.78 is 5.80. The van der Waals surface area contributed by atoms with Crippen LogP contribution in [0.5, 0.6) is 5.75 Å². The van der Waals surface area contributed by atoms with Gasteiger partial charge in [0.15, 0.2) is 0 Å². The lowest BCUT2D eigenvalue weighted by Gasteiger charge is -2.30. The van der Waals surface area contributed by atoms with E-state index in [4.69, 9.17) is 33.7 Å². The third-order valence-corrected chi connectivity index (χ3v) is 2.73. The van der Waals surface area contributed by atoms with E-state index in [9.17, 15) is 0 Å². The topological polar surface area (TPSA) is 35.2 Å².